The van der Waals surface area contributed by atoms with E-state index in [4.69, 9.17) is 0 Å². The standard InChI is InChI=1S/C17H18N6O2S2/c1-9-5-6-10(2)13(7-9)23-17(20-21-22-23)26-8-14(25)19-16-18-11(3)15(27-16)12(4)24/h5-7H,8H2,1-4H3,(H,18,19,25). The zero-order valence-electron chi connectivity index (χ0n) is 15.3. The minimum absolute atomic E-state index is 0.0624. The second-order valence-electron chi connectivity index (χ2n) is 5.99. The molecule has 0 unspecified atom stereocenters. The van der Waals surface area contributed by atoms with Gasteiger partial charge in [0.1, 0.15) is 0 Å². The van der Waals surface area contributed by atoms with Gasteiger partial charge in [-0.3, -0.25) is 9.59 Å². The van der Waals surface area contributed by atoms with Crippen LogP contribution in [0.1, 0.15) is 33.4 Å². The fourth-order valence-electron chi connectivity index (χ4n) is 2.43. The Morgan fingerprint density at radius 2 is 2.04 bits per heavy atom. The van der Waals surface area contributed by atoms with E-state index in [2.05, 4.69) is 25.8 Å². The number of hydrogen-bond donors (Lipinski definition) is 1. The molecule has 140 valence electrons. The predicted octanol–water partition coefficient (Wildman–Crippen LogP) is 2.98. The Morgan fingerprint density at radius 3 is 2.74 bits per heavy atom. The van der Waals surface area contributed by atoms with Crippen LogP contribution in [0.15, 0.2) is 23.4 Å². The maximum absolute atomic E-state index is 12.2. The molecule has 2 aromatic heterocycles. The minimum Gasteiger partial charge on any atom is -0.301 e. The summed E-state index contributed by atoms with van der Waals surface area (Å²) in [6, 6.07) is 6.02. The molecular formula is C17H18N6O2S2. The van der Waals surface area contributed by atoms with Crippen molar-refractivity contribution in [3.63, 3.8) is 0 Å². The average Bonchev–Trinajstić information content (AvgIpc) is 3.21. The van der Waals surface area contributed by atoms with Crippen LogP contribution in [-0.4, -0.2) is 42.6 Å². The van der Waals surface area contributed by atoms with Gasteiger partial charge in [0.05, 0.1) is 22.0 Å². The van der Waals surface area contributed by atoms with Crippen molar-refractivity contribution in [1.82, 2.24) is 25.2 Å². The topological polar surface area (TPSA) is 103 Å². The second-order valence-corrected chi connectivity index (χ2v) is 7.93. The number of benzene rings is 1. The van der Waals surface area contributed by atoms with Crippen LogP contribution < -0.4 is 5.32 Å². The summed E-state index contributed by atoms with van der Waals surface area (Å²) in [4.78, 5) is 28.5. The molecule has 2 heterocycles. The number of rotatable bonds is 6. The first-order chi connectivity index (χ1) is 12.8. The van der Waals surface area contributed by atoms with Gasteiger partial charge in [0, 0.05) is 6.92 Å². The van der Waals surface area contributed by atoms with E-state index < -0.39 is 0 Å². The van der Waals surface area contributed by atoms with Crippen molar-refractivity contribution in [2.75, 3.05) is 11.1 Å². The number of anilines is 1. The lowest BCUT2D eigenvalue weighted by Crippen LogP contribution is -2.14. The number of aromatic nitrogens is 5. The van der Waals surface area contributed by atoms with Crippen LogP contribution in [-0.2, 0) is 4.79 Å². The maximum Gasteiger partial charge on any atom is 0.236 e. The minimum atomic E-state index is -0.237. The van der Waals surface area contributed by atoms with Gasteiger partial charge in [-0.2, -0.15) is 4.68 Å². The lowest BCUT2D eigenvalue weighted by atomic mass is 10.1. The van der Waals surface area contributed by atoms with E-state index in [-0.39, 0.29) is 17.4 Å². The predicted molar refractivity (Wildman–Crippen MR) is 105 cm³/mol. The average molecular weight is 403 g/mol. The highest BCUT2D eigenvalue weighted by Crippen LogP contribution is 2.24. The third kappa shape index (κ3) is 4.40. The van der Waals surface area contributed by atoms with Crippen LogP contribution in [0.3, 0.4) is 0 Å². The Balaban J connectivity index is 1.68. The highest BCUT2D eigenvalue weighted by molar-refractivity contribution is 7.99. The molecule has 1 aromatic carbocycles. The largest absolute Gasteiger partial charge is 0.301 e. The quantitative estimate of drug-likeness (QED) is 0.499. The molecule has 1 N–H and O–H groups in total. The number of carbonyl (C=O) groups excluding carboxylic acids is 2. The first-order valence-corrected chi connectivity index (χ1v) is 9.92. The van der Waals surface area contributed by atoms with Crippen molar-refractivity contribution < 1.29 is 9.59 Å². The van der Waals surface area contributed by atoms with Crippen molar-refractivity contribution in [3.05, 3.63) is 39.9 Å². The van der Waals surface area contributed by atoms with Crippen LogP contribution in [0.4, 0.5) is 5.13 Å². The molecule has 0 aliphatic rings. The third-order valence-electron chi connectivity index (χ3n) is 3.73. The Labute approximate surface area is 164 Å². The normalized spacial score (nSPS) is 10.8. The van der Waals surface area contributed by atoms with E-state index in [0.717, 1.165) is 16.8 Å². The van der Waals surface area contributed by atoms with Crippen LogP contribution in [0, 0.1) is 20.8 Å². The van der Waals surface area contributed by atoms with Gasteiger partial charge in [-0.1, -0.05) is 35.2 Å². The highest BCUT2D eigenvalue weighted by Gasteiger charge is 2.16. The SMILES string of the molecule is CC(=O)c1sc(NC(=O)CSc2nnnn2-c2cc(C)ccc2C)nc1C. The first-order valence-electron chi connectivity index (χ1n) is 8.12. The molecule has 0 radical (unpaired) electrons. The number of amides is 1. The van der Waals surface area contributed by atoms with E-state index in [1.54, 1.807) is 11.6 Å². The van der Waals surface area contributed by atoms with Gasteiger partial charge in [-0.15, -0.1) is 5.10 Å². The summed E-state index contributed by atoms with van der Waals surface area (Å²) in [5.41, 5.74) is 3.63. The van der Waals surface area contributed by atoms with Gasteiger partial charge < -0.3 is 5.32 Å². The number of thioether (sulfide) groups is 1. The number of tetrazole rings is 1. The van der Waals surface area contributed by atoms with Gasteiger partial charge in [0.2, 0.25) is 11.1 Å². The Morgan fingerprint density at radius 1 is 1.26 bits per heavy atom. The monoisotopic (exact) mass is 402 g/mol. The Hall–Kier alpha value is -2.59. The van der Waals surface area contributed by atoms with Gasteiger partial charge in [0.25, 0.3) is 0 Å². The summed E-state index contributed by atoms with van der Waals surface area (Å²) >= 11 is 2.41. The number of ketones is 1. The molecule has 0 fully saturated rings. The zero-order chi connectivity index (χ0) is 19.6. The Kier molecular flexibility index (Phi) is 5.66. The molecule has 0 saturated heterocycles. The van der Waals surface area contributed by atoms with Crippen molar-refractivity contribution in [3.8, 4) is 5.69 Å². The second kappa shape index (κ2) is 7.97. The van der Waals surface area contributed by atoms with Crippen molar-refractivity contribution >= 4 is 39.9 Å². The molecule has 0 atom stereocenters. The smallest absolute Gasteiger partial charge is 0.236 e. The molecular weight excluding hydrogens is 384 g/mol. The molecule has 8 nitrogen and oxygen atoms in total. The number of Topliss-reactive ketones (excluding diaryl/α,β-unsaturated/α-hetero) is 1. The number of aryl methyl sites for hydroxylation is 3. The molecule has 10 heteroatoms. The van der Waals surface area contributed by atoms with Crippen LogP contribution >= 0.6 is 23.1 Å². The lowest BCUT2D eigenvalue weighted by molar-refractivity contribution is -0.113. The van der Waals surface area contributed by atoms with Crippen LogP contribution in [0.5, 0.6) is 0 Å². The molecule has 3 aromatic rings. The number of nitrogens with zero attached hydrogens (tertiary/aromatic N) is 5. The zero-order valence-corrected chi connectivity index (χ0v) is 16.9. The van der Waals surface area contributed by atoms with Crippen LogP contribution in [0.2, 0.25) is 0 Å². The molecule has 3 rings (SSSR count). The van der Waals surface area contributed by atoms with Crippen LogP contribution in [0.25, 0.3) is 5.69 Å². The van der Waals surface area contributed by atoms with E-state index >= 15 is 0 Å². The molecule has 0 spiro atoms. The summed E-state index contributed by atoms with van der Waals surface area (Å²) < 4.78 is 1.63. The number of carbonyl (C=O) groups is 2. The lowest BCUT2D eigenvalue weighted by Gasteiger charge is -2.08. The maximum atomic E-state index is 12.2. The van der Waals surface area contributed by atoms with Gasteiger partial charge in [0.15, 0.2) is 10.9 Å². The van der Waals surface area contributed by atoms with Gasteiger partial charge in [-0.25, -0.2) is 4.98 Å². The Bertz CT molecular complexity index is 1010. The molecule has 27 heavy (non-hydrogen) atoms. The third-order valence-corrected chi connectivity index (χ3v) is 5.82. The summed E-state index contributed by atoms with van der Waals surface area (Å²) in [7, 11) is 0. The van der Waals surface area contributed by atoms with E-state index in [1.807, 2.05) is 32.0 Å². The van der Waals surface area contributed by atoms with E-state index in [0.29, 0.717) is 20.9 Å². The summed E-state index contributed by atoms with van der Waals surface area (Å²) in [6.07, 6.45) is 0. The number of thiazole rings is 1. The van der Waals surface area contributed by atoms with Crippen molar-refractivity contribution in [1.29, 1.82) is 0 Å². The van der Waals surface area contributed by atoms with Gasteiger partial charge in [-0.05, 0) is 48.4 Å². The molecule has 0 bridgehead atoms. The van der Waals surface area contributed by atoms with Crippen molar-refractivity contribution in [2.45, 2.75) is 32.9 Å². The summed E-state index contributed by atoms with van der Waals surface area (Å²) in [5, 5.41) is 15.4. The summed E-state index contributed by atoms with van der Waals surface area (Å²) in [6.45, 7) is 7.21. The van der Waals surface area contributed by atoms with Crippen molar-refractivity contribution in [2.24, 2.45) is 0 Å². The summed E-state index contributed by atoms with van der Waals surface area (Å²) in [5.74, 6) is -0.175. The number of hydrogen-bond acceptors (Lipinski definition) is 8. The van der Waals surface area contributed by atoms with Gasteiger partial charge >= 0.3 is 0 Å². The first kappa shape index (κ1) is 19.2. The molecule has 0 aliphatic heterocycles. The fourth-order valence-corrected chi connectivity index (χ4v) is 3.99. The number of nitrogens with one attached hydrogen (secondary N) is 1. The van der Waals surface area contributed by atoms with E-state index in [1.165, 1.54) is 30.0 Å². The molecule has 0 aliphatic carbocycles. The highest BCUT2D eigenvalue weighted by atomic mass is 32.2. The molecule has 1 amide bonds. The fraction of sp³-hybridized carbons (Fsp3) is 0.294. The molecule has 0 saturated carbocycles. The van der Waals surface area contributed by atoms with E-state index in [9.17, 15) is 9.59 Å².